The Hall–Kier alpha value is -0.330. The minimum absolute atomic E-state index is 0.269. The monoisotopic (exact) mass is 155 g/mol. The van der Waals surface area contributed by atoms with Crippen LogP contribution in [0.25, 0.3) is 0 Å². The molecule has 0 saturated heterocycles. The van der Waals surface area contributed by atoms with Crippen LogP contribution < -0.4 is 0 Å². The van der Waals surface area contributed by atoms with Gasteiger partial charge in [-0.15, -0.1) is 0 Å². The molecule has 1 heteroatoms. The molecule has 0 saturated carbocycles. The summed E-state index contributed by atoms with van der Waals surface area (Å²) in [5.74, 6) is 0.720. The first-order valence-corrected chi connectivity index (χ1v) is 4.55. The fourth-order valence-electron chi connectivity index (χ4n) is 0.980. The average molecular weight is 155 g/mol. The SMILES string of the molecule is CCN=CC(C)(C)C(C)CC. The number of hydrogen-bond acceptors (Lipinski definition) is 1. The van der Waals surface area contributed by atoms with Crippen LogP contribution in [0.5, 0.6) is 0 Å². The molecule has 0 aliphatic rings. The summed E-state index contributed by atoms with van der Waals surface area (Å²) in [4.78, 5) is 4.29. The highest BCUT2D eigenvalue weighted by molar-refractivity contribution is 5.64. The van der Waals surface area contributed by atoms with Crippen molar-refractivity contribution >= 4 is 6.21 Å². The molecule has 0 fully saturated rings. The molecule has 0 radical (unpaired) electrons. The van der Waals surface area contributed by atoms with Crippen molar-refractivity contribution in [2.24, 2.45) is 16.3 Å². The predicted octanol–water partition coefficient (Wildman–Crippen LogP) is 3.15. The largest absolute Gasteiger partial charge is 0.297 e. The number of aliphatic imine (C=N–C) groups is 1. The van der Waals surface area contributed by atoms with Crippen molar-refractivity contribution in [3.05, 3.63) is 0 Å². The van der Waals surface area contributed by atoms with Crippen LogP contribution >= 0.6 is 0 Å². The Bertz CT molecular complexity index is 125. The molecule has 0 rings (SSSR count). The molecule has 1 atom stereocenters. The maximum absolute atomic E-state index is 4.29. The third-order valence-corrected chi connectivity index (χ3v) is 2.49. The zero-order valence-electron chi connectivity index (χ0n) is 8.52. The van der Waals surface area contributed by atoms with Gasteiger partial charge in [-0.05, 0) is 12.8 Å². The third-order valence-electron chi connectivity index (χ3n) is 2.49. The smallest absolute Gasteiger partial charge is 0.0357 e. The molecule has 66 valence electrons. The number of nitrogens with zero attached hydrogens (tertiary/aromatic N) is 1. The van der Waals surface area contributed by atoms with Gasteiger partial charge in [-0.2, -0.15) is 0 Å². The van der Waals surface area contributed by atoms with E-state index in [-0.39, 0.29) is 5.41 Å². The number of hydrogen-bond donors (Lipinski definition) is 0. The lowest BCUT2D eigenvalue weighted by molar-refractivity contribution is 0.334. The van der Waals surface area contributed by atoms with Crippen LogP contribution in [0.4, 0.5) is 0 Å². The lowest BCUT2D eigenvalue weighted by atomic mass is 9.80. The van der Waals surface area contributed by atoms with Crippen LogP contribution in [0.3, 0.4) is 0 Å². The minimum Gasteiger partial charge on any atom is -0.297 e. The van der Waals surface area contributed by atoms with Gasteiger partial charge in [0.25, 0.3) is 0 Å². The molecule has 0 aromatic rings. The van der Waals surface area contributed by atoms with E-state index in [4.69, 9.17) is 0 Å². The summed E-state index contributed by atoms with van der Waals surface area (Å²) in [6.45, 7) is 12.0. The van der Waals surface area contributed by atoms with Gasteiger partial charge in [0, 0.05) is 18.2 Å². The summed E-state index contributed by atoms with van der Waals surface area (Å²) >= 11 is 0. The van der Waals surface area contributed by atoms with Gasteiger partial charge in [0.05, 0.1) is 0 Å². The van der Waals surface area contributed by atoms with Gasteiger partial charge < -0.3 is 0 Å². The molecule has 0 aromatic carbocycles. The standard InChI is InChI=1S/C10H21N/c1-6-9(3)10(4,5)8-11-7-2/h8-9H,6-7H2,1-5H3. The van der Waals surface area contributed by atoms with Crippen molar-refractivity contribution in [2.45, 2.75) is 41.0 Å². The van der Waals surface area contributed by atoms with Gasteiger partial charge in [0.1, 0.15) is 0 Å². The first-order valence-electron chi connectivity index (χ1n) is 4.55. The van der Waals surface area contributed by atoms with Crippen molar-refractivity contribution in [3.63, 3.8) is 0 Å². The molecule has 0 N–H and O–H groups in total. The van der Waals surface area contributed by atoms with Crippen LogP contribution in [0.2, 0.25) is 0 Å². The molecular weight excluding hydrogens is 134 g/mol. The molecule has 1 unspecified atom stereocenters. The maximum atomic E-state index is 4.29. The Morgan fingerprint density at radius 3 is 2.27 bits per heavy atom. The Labute approximate surface area is 70.9 Å². The summed E-state index contributed by atoms with van der Waals surface area (Å²) in [7, 11) is 0. The topological polar surface area (TPSA) is 12.4 Å². The molecule has 0 spiro atoms. The second-order valence-corrected chi connectivity index (χ2v) is 3.76. The molecule has 0 aliphatic heterocycles. The van der Waals surface area contributed by atoms with Crippen molar-refractivity contribution in [3.8, 4) is 0 Å². The summed E-state index contributed by atoms with van der Waals surface area (Å²) in [6.07, 6.45) is 3.32. The molecule has 1 nitrogen and oxygen atoms in total. The van der Waals surface area contributed by atoms with Gasteiger partial charge in [-0.1, -0.05) is 34.1 Å². The highest BCUT2D eigenvalue weighted by Gasteiger charge is 2.21. The van der Waals surface area contributed by atoms with Crippen LogP contribution in [0, 0.1) is 11.3 Å². The Morgan fingerprint density at radius 1 is 1.36 bits per heavy atom. The van der Waals surface area contributed by atoms with E-state index in [1.165, 1.54) is 6.42 Å². The fourth-order valence-corrected chi connectivity index (χ4v) is 0.980. The summed E-state index contributed by atoms with van der Waals surface area (Å²) in [6, 6.07) is 0. The lowest BCUT2D eigenvalue weighted by Gasteiger charge is -2.26. The van der Waals surface area contributed by atoms with Crippen molar-refractivity contribution < 1.29 is 0 Å². The van der Waals surface area contributed by atoms with E-state index in [1.54, 1.807) is 0 Å². The molecule has 0 bridgehead atoms. The minimum atomic E-state index is 0.269. The van der Waals surface area contributed by atoms with Crippen LogP contribution in [-0.4, -0.2) is 12.8 Å². The Morgan fingerprint density at radius 2 is 1.91 bits per heavy atom. The van der Waals surface area contributed by atoms with E-state index in [9.17, 15) is 0 Å². The Balaban J connectivity index is 4.08. The van der Waals surface area contributed by atoms with E-state index in [0.29, 0.717) is 0 Å². The second kappa shape index (κ2) is 4.53. The number of rotatable bonds is 4. The quantitative estimate of drug-likeness (QED) is 0.553. The highest BCUT2D eigenvalue weighted by Crippen LogP contribution is 2.26. The molecule has 0 aromatic heterocycles. The third kappa shape index (κ3) is 3.54. The normalized spacial score (nSPS) is 15.7. The van der Waals surface area contributed by atoms with Crippen molar-refractivity contribution in [1.29, 1.82) is 0 Å². The zero-order valence-corrected chi connectivity index (χ0v) is 8.52. The molecule has 0 amide bonds. The highest BCUT2D eigenvalue weighted by atomic mass is 14.7. The summed E-state index contributed by atoms with van der Waals surface area (Å²) < 4.78 is 0. The van der Waals surface area contributed by atoms with Crippen molar-refractivity contribution in [1.82, 2.24) is 0 Å². The van der Waals surface area contributed by atoms with Crippen LogP contribution in [-0.2, 0) is 0 Å². The Kier molecular flexibility index (Phi) is 4.39. The average Bonchev–Trinajstić information content (AvgIpc) is 1.99. The van der Waals surface area contributed by atoms with E-state index >= 15 is 0 Å². The van der Waals surface area contributed by atoms with Gasteiger partial charge in [-0.3, -0.25) is 4.99 Å². The molecule has 0 heterocycles. The lowest BCUT2D eigenvalue weighted by Crippen LogP contribution is -2.22. The van der Waals surface area contributed by atoms with Gasteiger partial charge in [-0.25, -0.2) is 0 Å². The fraction of sp³-hybridized carbons (Fsp3) is 0.900. The predicted molar refractivity (Wildman–Crippen MR) is 52.3 cm³/mol. The van der Waals surface area contributed by atoms with Gasteiger partial charge in [0.15, 0.2) is 0 Å². The van der Waals surface area contributed by atoms with E-state index in [1.807, 2.05) is 0 Å². The van der Waals surface area contributed by atoms with E-state index in [0.717, 1.165) is 12.5 Å². The molecule has 11 heavy (non-hydrogen) atoms. The van der Waals surface area contributed by atoms with Gasteiger partial charge >= 0.3 is 0 Å². The second-order valence-electron chi connectivity index (χ2n) is 3.76. The van der Waals surface area contributed by atoms with E-state index < -0.39 is 0 Å². The van der Waals surface area contributed by atoms with Crippen LogP contribution in [0.15, 0.2) is 4.99 Å². The summed E-state index contributed by atoms with van der Waals surface area (Å²) in [5.41, 5.74) is 0.269. The van der Waals surface area contributed by atoms with Gasteiger partial charge in [0.2, 0.25) is 0 Å². The van der Waals surface area contributed by atoms with E-state index in [2.05, 4.69) is 45.8 Å². The maximum Gasteiger partial charge on any atom is 0.0357 e. The molecular formula is C10H21N. The van der Waals surface area contributed by atoms with Crippen LogP contribution in [0.1, 0.15) is 41.0 Å². The zero-order chi connectivity index (χ0) is 8.91. The summed E-state index contributed by atoms with van der Waals surface area (Å²) in [5, 5.41) is 0. The van der Waals surface area contributed by atoms with Crippen molar-refractivity contribution in [2.75, 3.05) is 6.54 Å². The molecule has 0 aliphatic carbocycles. The first-order chi connectivity index (χ1) is 5.04. The first kappa shape index (κ1) is 10.7.